The number of esters is 1. The fourth-order valence-corrected chi connectivity index (χ4v) is 1.27. The zero-order chi connectivity index (χ0) is 12.1. The van der Waals surface area contributed by atoms with E-state index in [0.717, 1.165) is 0 Å². The summed E-state index contributed by atoms with van der Waals surface area (Å²) in [6.07, 6.45) is 0.140. The molecular weight excluding hydrogens is 210 g/mol. The molecule has 0 atom stereocenters. The lowest BCUT2D eigenvalue weighted by molar-refractivity contribution is -0.117. The molecule has 1 aromatic rings. The molecule has 0 aliphatic heterocycles. The minimum absolute atomic E-state index is 0.0461. The van der Waals surface area contributed by atoms with Gasteiger partial charge in [0.05, 0.1) is 13.7 Å². The van der Waals surface area contributed by atoms with Crippen molar-refractivity contribution in [1.82, 2.24) is 0 Å². The summed E-state index contributed by atoms with van der Waals surface area (Å²) in [5.41, 5.74) is 5.85. The van der Waals surface area contributed by atoms with Crippen LogP contribution in [0.2, 0.25) is 0 Å². The molecule has 86 valence electrons. The highest BCUT2D eigenvalue weighted by molar-refractivity contribution is 5.93. The lowest BCUT2D eigenvalue weighted by atomic mass is 10.0. The van der Waals surface area contributed by atoms with Gasteiger partial charge in [-0.05, 0) is 17.7 Å². The number of hydrogen-bond acceptors (Lipinski definition) is 5. The number of ketones is 1. The van der Waals surface area contributed by atoms with E-state index in [1.165, 1.54) is 19.2 Å². The van der Waals surface area contributed by atoms with Crippen molar-refractivity contribution in [2.24, 2.45) is 5.73 Å². The predicted molar refractivity (Wildman–Crippen MR) is 57.2 cm³/mol. The van der Waals surface area contributed by atoms with Crippen LogP contribution in [-0.4, -0.2) is 30.5 Å². The van der Waals surface area contributed by atoms with Crippen molar-refractivity contribution in [1.29, 1.82) is 0 Å². The highest BCUT2D eigenvalue weighted by Crippen LogP contribution is 2.19. The van der Waals surface area contributed by atoms with E-state index in [4.69, 9.17) is 5.73 Å². The van der Waals surface area contributed by atoms with Crippen molar-refractivity contribution in [2.45, 2.75) is 6.42 Å². The zero-order valence-electron chi connectivity index (χ0n) is 8.90. The number of hydrogen-bond donors (Lipinski definition) is 2. The number of phenols is 1. The molecule has 0 bridgehead atoms. The third kappa shape index (κ3) is 2.80. The van der Waals surface area contributed by atoms with Crippen molar-refractivity contribution in [3.63, 3.8) is 0 Å². The van der Waals surface area contributed by atoms with Crippen molar-refractivity contribution < 1.29 is 19.4 Å². The first-order chi connectivity index (χ1) is 7.58. The van der Waals surface area contributed by atoms with Crippen molar-refractivity contribution in [2.75, 3.05) is 13.7 Å². The molecule has 0 heterocycles. The van der Waals surface area contributed by atoms with Crippen LogP contribution in [0.3, 0.4) is 0 Å². The van der Waals surface area contributed by atoms with E-state index in [2.05, 4.69) is 4.74 Å². The number of rotatable bonds is 4. The number of nitrogens with two attached hydrogens (primary N) is 1. The fourth-order valence-electron chi connectivity index (χ4n) is 1.27. The highest BCUT2D eigenvalue weighted by Gasteiger charge is 2.12. The lowest BCUT2D eigenvalue weighted by Crippen LogP contribution is -2.16. The van der Waals surface area contributed by atoms with E-state index in [0.29, 0.717) is 5.56 Å². The molecule has 3 N–H and O–H groups in total. The van der Waals surface area contributed by atoms with Crippen LogP contribution in [0.4, 0.5) is 0 Å². The topological polar surface area (TPSA) is 89.6 Å². The Kier molecular flexibility index (Phi) is 4.02. The van der Waals surface area contributed by atoms with Gasteiger partial charge < -0.3 is 15.6 Å². The summed E-state index contributed by atoms with van der Waals surface area (Å²) in [7, 11) is 1.22. The third-order valence-corrected chi connectivity index (χ3v) is 2.10. The van der Waals surface area contributed by atoms with Gasteiger partial charge in [0.25, 0.3) is 0 Å². The maximum atomic E-state index is 11.2. The molecule has 0 saturated heterocycles. The Morgan fingerprint density at radius 2 is 2.12 bits per heavy atom. The molecule has 0 spiro atoms. The quantitative estimate of drug-likeness (QED) is 0.714. The van der Waals surface area contributed by atoms with Crippen LogP contribution in [0.25, 0.3) is 0 Å². The number of aromatic hydroxyl groups is 1. The van der Waals surface area contributed by atoms with Gasteiger partial charge in [-0.1, -0.05) is 6.07 Å². The summed E-state index contributed by atoms with van der Waals surface area (Å²) < 4.78 is 4.49. The summed E-state index contributed by atoms with van der Waals surface area (Å²) in [6.45, 7) is -0.0472. The number of carbonyl (C=O) groups excluding carboxylic acids is 2. The molecule has 0 aliphatic carbocycles. The summed E-state index contributed by atoms with van der Waals surface area (Å²) >= 11 is 0. The second kappa shape index (κ2) is 5.27. The summed E-state index contributed by atoms with van der Waals surface area (Å²) in [4.78, 5) is 22.4. The number of Topliss-reactive ketones (excluding diaryl/α,β-unsaturated/α-hetero) is 1. The van der Waals surface area contributed by atoms with Crippen molar-refractivity contribution in [3.8, 4) is 5.75 Å². The van der Waals surface area contributed by atoms with Gasteiger partial charge in [-0.15, -0.1) is 0 Å². The molecule has 1 aromatic carbocycles. The maximum absolute atomic E-state index is 11.2. The SMILES string of the molecule is COC(=O)c1cc(CC(=O)CN)ccc1O. The average molecular weight is 223 g/mol. The summed E-state index contributed by atoms with van der Waals surface area (Å²) in [6, 6.07) is 4.34. The second-order valence-corrected chi connectivity index (χ2v) is 3.26. The molecule has 0 fully saturated rings. The normalized spacial score (nSPS) is 9.88. The molecule has 0 amide bonds. The predicted octanol–water partition coefficient (Wildman–Crippen LogP) is 0.249. The monoisotopic (exact) mass is 223 g/mol. The molecule has 0 radical (unpaired) electrons. The molecule has 5 nitrogen and oxygen atoms in total. The molecule has 1 rings (SSSR count). The van der Waals surface area contributed by atoms with E-state index in [9.17, 15) is 14.7 Å². The standard InChI is InChI=1S/C11H13NO4/c1-16-11(15)9-5-7(2-3-10(9)14)4-8(13)6-12/h2-3,5,14H,4,6,12H2,1H3. The van der Waals surface area contributed by atoms with Gasteiger partial charge >= 0.3 is 5.97 Å². The Labute approximate surface area is 92.8 Å². The minimum atomic E-state index is -0.639. The van der Waals surface area contributed by atoms with E-state index < -0.39 is 5.97 Å². The number of methoxy groups -OCH3 is 1. The van der Waals surface area contributed by atoms with Crippen molar-refractivity contribution in [3.05, 3.63) is 29.3 Å². The first-order valence-electron chi connectivity index (χ1n) is 4.70. The summed E-state index contributed by atoms with van der Waals surface area (Å²) in [5, 5.41) is 9.42. The van der Waals surface area contributed by atoms with E-state index >= 15 is 0 Å². The van der Waals surface area contributed by atoms with Crippen LogP contribution in [-0.2, 0) is 16.0 Å². The first kappa shape index (κ1) is 12.2. The Morgan fingerprint density at radius 1 is 1.44 bits per heavy atom. The van der Waals surface area contributed by atoms with Gasteiger partial charge in [0, 0.05) is 6.42 Å². The summed E-state index contributed by atoms with van der Waals surface area (Å²) in [5.74, 6) is -0.947. The van der Waals surface area contributed by atoms with Crippen LogP contribution >= 0.6 is 0 Å². The molecular formula is C11H13NO4. The lowest BCUT2D eigenvalue weighted by Gasteiger charge is -2.05. The third-order valence-electron chi connectivity index (χ3n) is 2.10. The van der Waals surface area contributed by atoms with Gasteiger partial charge in [0.2, 0.25) is 0 Å². The van der Waals surface area contributed by atoms with Crippen LogP contribution in [0.1, 0.15) is 15.9 Å². The largest absolute Gasteiger partial charge is 0.507 e. The maximum Gasteiger partial charge on any atom is 0.341 e. The molecule has 0 aromatic heterocycles. The van der Waals surface area contributed by atoms with Gasteiger partial charge in [-0.25, -0.2) is 4.79 Å². The molecule has 16 heavy (non-hydrogen) atoms. The van der Waals surface area contributed by atoms with Crippen LogP contribution in [0.5, 0.6) is 5.75 Å². The Morgan fingerprint density at radius 3 is 2.69 bits per heavy atom. The molecule has 5 heteroatoms. The number of carbonyl (C=O) groups is 2. The fraction of sp³-hybridized carbons (Fsp3) is 0.273. The van der Waals surface area contributed by atoms with E-state index in [1.54, 1.807) is 6.07 Å². The molecule has 0 saturated carbocycles. The van der Waals surface area contributed by atoms with E-state index in [1.807, 2.05) is 0 Å². The Balaban J connectivity index is 2.98. The van der Waals surface area contributed by atoms with Gasteiger partial charge in [-0.2, -0.15) is 0 Å². The average Bonchev–Trinajstić information content (AvgIpc) is 2.30. The first-order valence-corrected chi connectivity index (χ1v) is 4.70. The number of ether oxygens (including phenoxy) is 1. The number of benzene rings is 1. The van der Waals surface area contributed by atoms with Crippen LogP contribution in [0, 0.1) is 0 Å². The smallest absolute Gasteiger partial charge is 0.341 e. The van der Waals surface area contributed by atoms with Gasteiger partial charge in [-0.3, -0.25) is 4.79 Å². The Bertz CT molecular complexity index is 414. The highest BCUT2D eigenvalue weighted by atomic mass is 16.5. The Hall–Kier alpha value is -1.88. The molecule has 0 aliphatic rings. The van der Waals surface area contributed by atoms with Crippen LogP contribution < -0.4 is 5.73 Å². The van der Waals surface area contributed by atoms with Gasteiger partial charge in [0.1, 0.15) is 11.3 Å². The van der Waals surface area contributed by atoms with Crippen LogP contribution in [0.15, 0.2) is 18.2 Å². The zero-order valence-corrected chi connectivity index (χ0v) is 8.90. The molecule has 0 unspecified atom stereocenters. The minimum Gasteiger partial charge on any atom is -0.507 e. The van der Waals surface area contributed by atoms with E-state index in [-0.39, 0.29) is 30.1 Å². The van der Waals surface area contributed by atoms with Gasteiger partial charge in [0.15, 0.2) is 5.78 Å². The number of phenolic OH excluding ortho intramolecular Hbond substituents is 1. The second-order valence-electron chi connectivity index (χ2n) is 3.26. The van der Waals surface area contributed by atoms with Crippen molar-refractivity contribution >= 4 is 11.8 Å².